The number of hydrogen-bond acceptors (Lipinski definition) is 5. The number of rotatable bonds is 10. The average Bonchev–Trinajstić information content (AvgIpc) is 3.31. The maximum atomic E-state index is 13.6. The number of hydrogen-bond donors (Lipinski definition) is 3. The van der Waals surface area contributed by atoms with Crippen molar-refractivity contribution in [3.05, 3.63) is 95.6 Å². The molecule has 2 aliphatic carbocycles. The third-order valence-electron chi connectivity index (χ3n) is 8.76. The van der Waals surface area contributed by atoms with Gasteiger partial charge < -0.3 is 20.5 Å². The lowest BCUT2D eigenvalue weighted by Gasteiger charge is -2.40. The normalized spacial score (nSPS) is 20.3. The molecule has 8 nitrogen and oxygen atoms in total. The maximum absolute atomic E-state index is 13.6. The van der Waals surface area contributed by atoms with E-state index in [1.165, 1.54) is 0 Å². The van der Waals surface area contributed by atoms with Gasteiger partial charge in [-0.25, -0.2) is 9.59 Å². The smallest absolute Gasteiger partial charge is 0.407 e. The number of carbonyl (C=O) groups is 3. The number of nitrogens with one attached hydrogen (secondary N) is 2. The van der Waals surface area contributed by atoms with Gasteiger partial charge in [0.25, 0.3) is 0 Å². The molecule has 0 bridgehead atoms. The summed E-state index contributed by atoms with van der Waals surface area (Å²) in [6.07, 6.45) is 2.26. The molecule has 0 aliphatic heterocycles. The summed E-state index contributed by atoms with van der Waals surface area (Å²) in [6.45, 7) is 2.70. The lowest BCUT2D eigenvalue weighted by atomic mass is 9.71. The first-order chi connectivity index (χ1) is 20.3. The molecule has 3 N–H and O–H groups in total. The number of alkyl carbamates (subject to hydrolysis) is 1. The summed E-state index contributed by atoms with van der Waals surface area (Å²) in [7, 11) is 1.83. The van der Waals surface area contributed by atoms with Gasteiger partial charge in [0.1, 0.15) is 12.6 Å². The van der Waals surface area contributed by atoms with Crippen molar-refractivity contribution in [1.29, 1.82) is 0 Å². The predicted octanol–water partition coefficient (Wildman–Crippen LogP) is 5.18. The summed E-state index contributed by atoms with van der Waals surface area (Å²) in [5, 5.41) is 15.6. The van der Waals surface area contributed by atoms with Crippen molar-refractivity contribution >= 4 is 18.0 Å². The van der Waals surface area contributed by atoms with E-state index < -0.39 is 29.6 Å². The zero-order valence-corrected chi connectivity index (χ0v) is 24.2. The largest absolute Gasteiger partial charge is 0.480 e. The Hall–Kier alpha value is -4.17. The highest BCUT2D eigenvalue weighted by atomic mass is 16.5. The van der Waals surface area contributed by atoms with Gasteiger partial charge in [0.05, 0.1) is 5.41 Å². The van der Waals surface area contributed by atoms with Gasteiger partial charge in [0.2, 0.25) is 5.91 Å². The number of ether oxygens (including phenoxy) is 1. The van der Waals surface area contributed by atoms with Crippen LogP contribution in [-0.4, -0.2) is 60.3 Å². The van der Waals surface area contributed by atoms with Crippen LogP contribution in [-0.2, 0) is 20.9 Å². The van der Waals surface area contributed by atoms with Crippen molar-refractivity contribution in [2.75, 3.05) is 20.2 Å². The molecule has 3 aromatic rings. The second kappa shape index (κ2) is 12.8. The zero-order chi connectivity index (χ0) is 29.7. The molecule has 0 radical (unpaired) electrons. The van der Waals surface area contributed by atoms with E-state index in [4.69, 9.17) is 4.74 Å². The topological polar surface area (TPSA) is 108 Å². The first-order valence-corrected chi connectivity index (χ1v) is 14.6. The van der Waals surface area contributed by atoms with Crippen LogP contribution < -0.4 is 10.6 Å². The van der Waals surface area contributed by atoms with Crippen LogP contribution in [0.25, 0.3) is 11.1 Å². The van der Waals surface area contributed by atoms with E-state index in [1.807, 2.05) is 73.5 Å². The summed E-state index contributed by atoms with van der Waals surface area (Å²) in [4.78, 5) is 40.7. The number of nitrogens with zero attached hydrogens (tertiary/aromatic N) is 1. The van der Waals surface area contributed by atoms with Gasteiger partial charge >= 0.3 is 12.1 Å². The first kappa shape index (κ1) is 29.3. The van der Waals surface area contributed by atoms with Crippen LogP contribution >= 0.6 is 0 Å². The van der Waals surface area contributed by atoms with E-state index in [1.54, 1.807) is 0 Å². The van der Waals surface area contributed by atoms with Crippen LogP contribution in [0.2, 0.25) is 0 Å². The van der Waals surface area contributed by atoms with Crippen LogP contribution in [0.4, 0.5) is 4.79 Å². The quantitative estimate of drug-likeness (QED) is 0.311. The lowest BCUT2D eigenvalue weighted by molar-refractivity contribution is -0.145. The second-order valence-corrected chi connectivity index (χ2v) is 11.7. The molecule has 3 aromatic carbocycles. The van der Waals surface area contributed by atoms with E-state index in [0.717, 1.165) is 40.7 Å². The molecule has 0 saturated heterocycles. The molecule has 42 heavy (non-hydrogen) atoms. The molecule has 1 fully saturated rings. The first-order valence-electron chi connectivity index (χ1n) is 14.6. The Labute approximate surface area is 247 Å². The van der Waals surface area contributed by atoms with Crippen molar-refractivity contribution < 1.29 is 24.2 Å². The zero-order valence-electron chi connectivity index (χ0n) is 24.2. The SMILES string of the molecule is CN(Cc1ccccc1)CC(NC(=O)C1(C)CCCCC1NC(=O)OCC1c2ccccc2-c2ccccc21)C(=O)O. The van der Waals surface area contributed by atoms with E-state index in [2.05, 4.69) is 34.9 Å². The van der Waals surface area contributed by atoms with Crippen LogP contribution in [0.15, 0.2) is 78.9 Å². The van der Waals surface area contributed by atoms with Gasteiger partial charge in [0, 0.05) is 25.0 Å². The highest BCUT2D eigenvalue weighted by molar-refractivity contribution is 5.88. The van der Waals surface area contributed by atoms with Gasteiger partial charge in [-0.3, -0.25) is 9.69 Å². The summed E-state index contributed by atoms with van der Waals surface area (Å²) < 4.78 is 5.76. The van der Waals surface area contributed by atoms with E-state index >= 15 is 0 Å². The summed E-state index contributed by atoms with van der Waals surface area (Å²) in [5.74, 6) is -1.52. The molecule has 0 spiro atoms. The Kier molecular flexibility index (Phi) is 8.92. The molecular weight excluding hydrogens is 530 g/mol. The third kappa shape index (κ3) is 6.34. The minimum atomic E-state index is -1.09. The Morgan fingerprint density at radius 2 is 1.57 bits per heavy atom. The van der Waals surface area contributed by atoms with E-state index in [0.29, 0.717) is 19.4 Å². The third-order valence-corrected chi connectivity index (χ3v) is 8.76. The van der Waals surface area contributed by atoms with Crippen LogP contribution in [0.1, 0.15) is 55.2 Å². The fraction of sp³-hybridized carbons (Fsp3) is 0.382. The van der Waals surface area contributed by atoms with E-state index in [9.17, 15) is 19.5 Å². The Balaban J connectivity index is 1.21. The van der Waals surface area contributed by atoms with Crippen LogP contribution in [0, 0.1) is 5.41 Å². The molecule has 2 amide bonds. The Bertz CT molecular complexity index is 1380. The van der Waals surface area contributed by atoms with Gasteiger partial charge in [-0.05, 0) is 54.6 Å². The van der Waals surface area contributed by atoms with Gasteiger partial charge in [-0.1, -0.05) is 91.7 Å². The number of aliphatic carboxylic acids is 1. The molecule has 8 heteroatoms. The highest BCUT2D eigenvalue weighted by Crippen LogP contribution is 2.44. The molecule has 2 aliphatic rings. The average molecular weight is 570 g/mol. The standard InChI is InChI=1S/C34H39N3O5/c1-34(32(40)35-29(31(38)39)21-37(2)20-23-12-4-3-5-13-23)19-11-10-18-30(34)36-33(41)42-22-28-26-16-8-6-14-24(26)25-15-7-9-17-27(25)28/h3-9,12-17,28-30H,10-11,18-22H2,1-2H3,(H,35,40)(H,36,41)(H,38,39). The highest BCUT2D eigenvalue weighted by Gasteiger charge is 2.45. The minimum Gasteiger partial charge on any atom is -0.480 e. The molecule has 3 unspecified atom stereocenters. The van der Waals surface area contributed by atoms with Crippen molar-refractivity contribution in [3.63, 3.8) is 0 Å². The van der Waals surface area contributed by atoms with Crippen LogP contribution in [0.3, 0.4) is 0 Å². The Morgan fingerprint density at radius 3 is 2.21 bits per heavy atom. The molecule has 1 saturated carbocycles. The number of amides is 2. The Morgan fingerprint density at radius 1 is 0.952 bits per heavy atom. The predicted molar refractivity (Wildman–Crippen MR) is 161 cm³/mol. The van der Waals surface area contributed by atoms with Gasteiger partial charge in [-0.2, -0.15) is 0 Å². The monoisotopic (exact) mass is 569 g/mol. The lowest BCUT2D eigenvalue weighted by Crippen LogP contribution is -2.59. The van der Waals surface area contributed by atoms with Crippen molar-refractivity contribution in [2.24, 2.45) is 5.41 Å². The second-order valence-electron chi connectivity index (χ2n) is 11.7. The van der Waals surface area contributed by atoms with Crippen molar-refractivity contribution in [2.45, 2.75) is 57.2 Å². The number of carboxylic acid groups (broad SMARTS) is 1. The number of benzene rings is 3. The summed E-state index contributed by atoms with van der Waals surface area (Å²) in [6, 6.07) is 24.5. The van der Waals surface area contributed by atoms with Crippen LogP contribution in [0.5, 0.6) is 0 Å². The minimum absolute atomic E-state index is 0.0617. The van der Waals surface area contributed by atoms with Crippen molar-refractivity contribution in [3.8, 4) is 11.1 Å². The molecule has 0 aromatic heterocycles. The maximum Gasteiger partial charge on any atom is 0.407 e. The number of carbonyl (C=O) groups excluding carboxylic acids is 2. The summed E-state index contributed by atoms with van der Waals surface area (Å²) in [5.41, 5.74) is 4.66. The molecular formula is C34H39N3O5. The fourth-order valence-corrected chi connectivity index (χ4v) is 6.40. The molecule has 5 rings (SSSR count). The number of fused-ring (bicyclic) bond motifs is 3. The van der Waals surface area contributed by atoms with E-state index in [-0.39, 0.29) is 25.0 Å². The van der Waals surface area contributed by atoms with Gasteiger partial charge in [0.15, 0.2) is 0 Å². The van der Waals surface area contributed by atoms with Gasteiger partial charge in [-0.15, -0.1) is 0 Å². The molecule has 0 heterocycles. The van der Waals surface area contributed by atoms with Crippen molar-refractivity contribution in [1.82, 2.24) is 15.5 Å². The number of carboxylic acids is 1. The number of likely N-dealkylation sites (N-methyl/N-ethyl adjacent to an activating group) is 1. The molecule has 220 valence electrons. The fourth-order valence-electron chi connectivity index (χ4n) is 6.40. The molecule has 3 atom stereocenters. The summed E-state index contributed by atoms with van der Waals surface area (Å²) >= 11 is 0.